The summed E-state index contributed by atoms with van der Waals surface area (Å²) in [5.41, 5.74) is 6.64. The summed E-state index contributed by atoms with van der Waals surface area (Å²) in [5, 5.41) is 9.28. The Balaban J connectivity index is 1.63. The number of nitrogens with zero attached hydrogens (tertiary/aromatic N) is 2. The number of carbonyl (C=O) groups excluding carboxylic acids is 1. The summed E-state index contributed by atoms with van der Waals surface area (Å²) in [6.45, 7) is 10.6. The molecular weight excluding hydrogens is 370 g/mol. The zero-order chi connectivity index (χ0) is 20.4. The maximum Gasteiger partial charge on any atom is 0.261 e. The highest BCUT2D eigenvalue weighted by molar-refractivity contribution is 7.12. The normalized spacial score (nSPS) is 12.1. The zero-order valence-electron chi connectivity index (χ0n) is 17.3. The van der Waals surface area contributed by atoms with Gasteiger partial charge in [0.25, 0.3) is 5.91 Å². The Bertz CT molecular complexity index is 1000. The van der Waals surface area contributed by atoms with Crippen LogP contribution in [-0.2, 0) is 13.7 Å². The van der Waals surface area contributed by atoms with E-state index in [1.807, 2.05) is 37.0 Å². The molecule has 1 atom stereocenters. The third-order valence-electron chi connectivity index (χ3n) is 5.12. The molecule has 3 rings (SSSR count). The van der Waals surface area contributed by atoms with Crippen molar-refractivity contribution in [1.29, 1.82) is 0 Å². The van der Waals surface area contributed by atoms with Gasteiger partial charge in [-0.25, -0.2) is 0 Å². The Hall–Kier alpha value is -2.60. The van der Waals surface area contributed by atoms with Crippen molar-refractivity contribution in [2.75, 3.05) is 0 Å². The molecule has 0 spiro atoms. The first-order valence-electron chi connectivity index (χ1n) is 9.33. The zero-order valence-corrected chi connectivity index (χ0v) is 18.1. The minimum absolute atomic E-state index is 0.0745. The molecule has 3 aromatic rings. The van der Waals surface area contributed by atoms with Gasteiger partial charge in [0.15, 0.2) is 0 Å². The molecule has 0 saturated carbocycles. The maximum absolute atomic E-state index is 12.6. The Morgan fingerprint density at radius 2 is 2.00 bits per heavy atom. The first kappa shape index (κ1) is 20.1. The third-order valence-corrected chi connectivity index (χ3v) is 6.10. The summed E-state index contributed by atoms with van der Waals surface area (Å²) < 4.78 is 7.82. The number of nitrogens with one attached hydrogen (secondary N) is 1. The number of hydrogen-bond donors (Lipinski definition) is 1. The highest BCUT2D eigenvalue weighted by Crippen LogP contribution is 2.25. The van der Waals surface area contributed by atoms with Gasteiger partial charge in [0.2, 0.25) is 0 Å². The van der Waals surface area contributed by atoms with Crippen molar-refractivity contribution < 1.29 is 9.53 Å². The van der Waals surface area contributed by atoms with Crippen LogP contribution in [0.3, 0.4) is 0 Å². The molecule has 148 valence electrons. The van der Waals surface area contributed by atoms with Crippen LogP contribution >= 0.6 is 11.3 Å². The predicted molar refractivity (Wildman–Crippen MR) is 113 cm³/mol. The number of aromatic nitrogens is 2. The van der Waals surface area contributed by atoms with Crippen LogP contribution in [0.5, 0.6) is 5.75 Å². The van der Waals surface area contributed by atoms with Crippen molar-refractivity contribution in [3.05, 3.63) is 68.2 Å². The van der Waals surface area contributed by atoms with Crippen LogP contribution in [0.4, 0.5) is 0 Å². The van der Waals surface area contributed by atoms with Gasteiger partial charge in [0, 0.05) is 23.9 Å². The topological polar surface area (TPSA) is 56.1 Å². The second kappa shape index (κ2) is 8.19. The minimum Gasteiger partial charge on any atom is -0.489 e. The van der Waals surface area contributed by atoms with Crippen LogP contribution in [0.25, 0.3) is 0 Å². The number of aryl methyl sites for hydroxylation is 3. The molecule has 5 nitrogen and oxygen atoms in total. The number of thiophene rings is 1. The van der Waals surface area contributed by atoms with Crippen molar-refractivity contribution in [3.8, 4) is 5.75 Å². The molecule has 1 unspecified atom stereocenters. The fourth-order valence-electron chi connectivity index (χ4n) is 3.17. The van der Waals surface area contributed by atoms with Crippen LogP contribution in [0.15, 0.2) is 29.8 Å². The molecule has 0 aliphatic carbocycles. The number of ether oxygens (including phenoxy) is 1. The van der Waals surface area contributed by atoms with E-state index in [9.17, 15) is 4.79 Å². The second-order valence-electron chi connectivity index (χ2n) is 7.32. The predicted octanol–water partition coefficient (Wildman–Crippen LogP) is 4.79. The fourth-order valence-corrected chi connectivity index (χ4v) is 3.97. The largest absolute Gasteiger partial charge is 0.489 e. The summed E-state index contributed by atoms with van der Waals surface area (Å²) >= 11 is 1.44. The summed E-state index contributed by atoms with van der Waals surface area (Å²) in [5.74, 6) is 0.824. The number of carbonyl (C=O) groups is 1. The monoisotopic (exact) mass is 397 g/mol. The number of hydrogen-bond acceptors (Lipinski definition) is 4. The highest BCUT2D eigenvalue weighted by Gasteiger charge is 2.17. The van der Waals surface area contributed by atoms with E-state index in [2.05, 4.69) is 43.3 Å². The number of benzene rings is 1. The van der Waals surface area contributed by atoms with E-state index in [0.29, 0.717) is 11.5 Å². The summed E-state index contributed by atoms with van der Waals surface area (Å²) in [6, 6.07) is 6.02. The van der Waals surface area contributed by atoms with E-state index in [0.717, 1.165) is 28.1 Å². The molecule has 0 aliphatic rings. The summed E-state index contributed by atoms with van der Waals surface area (Å²) in [4.78, 5) is 13.3. The standard InChI is InChI=1S/C22H27N3O2S/c1-13-7-14(2)15(3)20(8-13)27-11-18-9-21(28-12-18)22(26)24-16(4)19-10-23-25(6)17(19)5/h7-10,12,16H,11H2,1-6H3,(H,24,26). The van der Waals surface area contributed by atoms with E-state index in [-0.39, 0.29) is 11.9 Å². The molecule has 0 aliphatic heterocycles. The first-order chi connectivity index (χ1) is 13.3. The van der Waals surface area contributed by atoms with Crippen LogP contribution in [-0.4, -0.2) is 15.7 Å². The van der Waals surface area contributed by atoms with Gasteiger partial charge >= 0.3 is 0 Å². The van der Waals surface area contributed by atoms with E-state index in [1.165, 1.54) is 22.5 Å². The average Bonchev–Trinajstić information content (AvgIpc) is 3.24. The molecule has 28 heavy (non-hydrogen) atoms. The fraction of sp³-hybridized carbons (Fsp3) is 0.364. The maximum atomic E-state index is 12.6. The Morgan fingerprint density at radius 3 is 2.68 bits per heavy atom. The molecule has 6 heteroatoms. The molecule has 1 aromatic carbocycles. The van der Waals surface area contributed by atoms with E-state index in [1.54, 1.807) is 6.20 Å². The molecule has 1 N–H and O–H groups in total. The van der Waals surface area contributed by atoms with Gasteiger partial charge in [0.05, 0.1) is 17.1 Å². The second-order valence-corrected chi connectivity index (χ2v) is 8.23. The molecule has 2 aromatic heterocycles. The molecule has 0 radical (unpaired) electrons. The Morgan fingerprint density at radius 1 is 1.25 bits per heavy atom. The van der Waals surface area contributed by atoms with Crippen LogP contribution in [0.2, 0.25) is 0 Å². The van der Waals surface area contributed by atoms with Crippen molar-refractivity contribution >= 4 is 17.2 Å². The van der Waals surface area contributed by atoms with Gasteiger partial charge < -0.3 is 10.1 Å². The van der Waals surface area contributed by atoms with Crippen molar-refractivity contribution in [2.45, 2.75) is 47.3 Å². The lowest BCUT2D eigenvalue weighted by atomic mass is 10.1. The molecule has 2 heterocycles. The van der Waals surface area contributed by atoms with Crippen molar-refractivity contribution in [2.24, 2.45) is 7.05 Å². The molecule has 1 amide bonds. The van der Waals surface area contributed by atoms with Crippen molar-refractivity contribution in [1.82, 2.24) is 15.1 Å². The lowest BCUT2D eigenvalue weighted by Gasteiger charge is -2.13. The first-order valence-corrected chi connectivity index (χ1v) is 10.2. The van der Waals surface area contributed by atoms with Gasteiger partial charge in [-0.2, -0.15) is 5.10 Å². The average molecular weight is 398 g/mol. The number of amides is 1. The molecule has 0 fully saturated rings. The SMILES string of the molecule is Cc1cc(C)c(C)c(OCc2csc(C(=O)NC(C)c3cnn(C)c3C)c2)c1. The van der Waals surface area contributed by atoms with Gasteiger partial charge in [0.1, 0.15) is 12.4 Å². The van der Waals surface area contributed by atoms with E-state index in [4.69, 9.17) is 4.74 Å². The minimum atomic E-state index is -0.0964. The Kier molecular flexibility index (Phi) is 5.89. The quantitative estimate of drug-likeness (QED) is 0.651. The van der Waals surface area contributed by atoms with Gasteiger partial charge in [-0.05, 0) is 68.8 Å². The lowest BCUT2D eigenvalue weighted by Crippen LogP contribution is -2.26. The van der Waals surface area contributed by atoms with Gasteiger partial charge in [-0.3, -0.25) is 9.48 Å². The van der Waals surface area contributed by atoms with E-state index < -0.39 is 0 Å². The van der Waals surface area contributed by atoms with E-state index >= 15 is 0 Å². The third kappa shape index (κ3) is 4.28. The van der Waals surface area contributed by atoms with Crippen molar-refractivity contribution in [3.63, 3.8) is 0 Å². The number of rotatable bonds is 6. The highest BCUT2D eigenvalue weighted by atomic mass is 32.1. The van der Waals surface area contributed by atoms with Gasteiger partial charge in [-0.15, -0.1) is 11.3 Å². The van der Waals surface area contributed by atoms with Crippen LogP contribution < -0.4 is 10.1 Å². The molecule has 0 saturated heterocycles. The van der Waals surface area contributed by atoms with Crippen LogP contribution in [0, 0.1) is 27.7 Å². The smallest absolute Gasteiger partial charge is 0.261 e. The van der Waals surface area contributed by atoms with Crippen LogP contribution in [0.1, 0.15) is 56.1 Å². The summed E-state index contributed by atoms with van der Waals surface area (Å²) in [7, 11) is 1.90. The Labute approximate surface area is 170 Å². The molecule has 0 bridgehead atoms. The van der Waals surface area contributed by atoms with Gasteiger partial charge in [-0.1, -0.05) is 6.07 Å². The molecular formula is C22H27N3O2S. The lowest BCUT2D eigenvalue weighted by molar-refractivity contribution is 0.0944. The summed E-state index contributed by atoms with van der Waals surface area (Å²) in [6.07, 6.45) is 1.81.